The Kier molecular flexibility index (Phi) is 8.61. The van der Waals surface area contributed by atoms with E-state index < -0.39 is 29.1 Å². The molecule has 182 valence electrons. The first-order valence-electron chi connectivity index (χ1n) is 11.9. The third-order valence-corrected chi connectivity index (χ3v) is 8.04. The van der Waals surface area contributed by atoms with Crippen molar-refractivity contribution in [1.29, 1.82) is 0 Å². The maximum atomic E-state index is 14.0. The van der Waals surface area contributed by atoms with Gasteiger partial charge in [-0.15, -0.1) is 0 Å². The Morgan fingerprint density at radius 2 is 1.49 bits per heavy atom. The number of hydrogen-bond acceptors (Lipinski definition) is 4. The molecule has 0 aromatic heterocycles. The number of methoxy groups -OCH3 is 1. The van der Waals surface area contributed by atoms with Gasteiger partial charge in [0.2, 0.25) is 5.91 Å². The summed E-state index contributed by atoms with van der Waals surface area (Å²) in [6.45, 7) is 0.395. The summed E-state index contributed by atoms with van der Waals surface area (Å²) in [6.07, 6.45) is 1.21. The van der Waals surface area contributed by atoms with E-state index in [-0.39, 0.29) is 11.8 Å². The molecule has 1 unspecified atom stereocenters. The fraction of sp³-hybridized carbons (Fsp3) is 0.310. The summed E-state index contributed by atoms with van der Waals surface area (Å²) in [7, 11) is 1.35. The average Bonchev–Trinajstić information content (AvgIpc) is 3.32. The molecule has 0 radical (unpaired) electrons. The predicted molar refractivity (Wildman–Crippen MR) is 138 cm³/mol. The van der Waals surface area contributed by atoms with Crippen LogP contribution < -0.4 is 0 Å². The number of hydrogen-bond donors (Lipinski definition) is 0. The molecular weight excluding hydrogens is 458 g/mol. The minimum atomic E-state index is -1.04. The highest BCUT2D eigenvalue weighted by molar-refractivity contribution is 7.91. The van der Waals surface area contributed by atoms with Gasteiger partial charge in [-0.05, 0) is 23.1 Å². The minimum Gasteiger partial charge on any atom is -0.616 e. The molecule has 0 spiro atoms. The van der Waals surface area contributed by atoms with Crippen LogP contribution in [0.5, 0.6) is 0 Å². The fourth-order valence-corrected chi connectivity index (χ4v) is 6.20. The summed E-state index contributed by atoms with van der Waals surface area (Å²) in [5, 5.41) is 0. The van der Waals surface area contributed by atoms with E-state index in [0.717, 1.165) is 23.1 Å². The Balaban J connectivity index is 1.51. The lowest BCUT2D eigenvalue weighted by Gasteiger charge is -2.28. The molecular formula is C29H31NO4S. The van der Waals surface area contributed by atoms with Gasteiger partial charge >= 0.3 is 5.97 Å². The van der Waals surface area contributed by atoms with Crippen LogP contribution in [0.25, 0.3) is 0 Å². The Labute approximate surface area is 210 Å². The van der Waals surface area contributed by atoms with Gasteiger partial charge in [0.05, 0.1) is 13.0 Å². The van der Waals surface area contributed by atoms with Crippen LogP contribution in [0.2, 0.25) is 0 Å². The van der Waals surface area contributed by atoms with Crippen molar-refractivity contribution in [3.63, 3.8) is 0 Å². The second-order valence-electron chi connectivity index (χ2n) is 8.93. The molecule has 0 N–H and O–H groups in total. The second kappa shape index (κ2) is 12.0. The SMILES string of the molecule is COC(=O)[C@@H]1C[C@H](C[S+]([O-])CCc2ccccc2)CN1C(=O)C(c1ccccc1)c1ccccc1. The van der Waals surface area contributed by atoms with Gasteiger partial charge in [0, 0.05) is 18.9 Å². The van der Waals surface area contributed by atoms with E-state index in [1.165, 1.54) is 7.11 Å². The van der Waals surface area contributed by atoms with E-state index in [1.54, 1.807) is 4.90 Å². The van der Waals surface area contributed by atoms with Crippen LogP contribution in [0.1, 0.15) is 29.0 Å². The molecule has 3 atom stereocenters. The molecule has 0 aliphatic carbocycles. The van der Waals surface area contributed by atoms with Gasteiger partial charge in [0.25, 0.3) is 0 Å². The first-order chi connectivity index (χ1) is 17.1. The van der Waals surface area contributed by atoms with Crippen molar-refractivity contribution in [2.45, 2.75) is 24.8 Å². The van der Waals surface area contributed by atoms with Crippen LogP contribution in [-0.4, -0.2) is 52.5 Å². The molecule has 0 bridgehead atoms. The number of nitrogens with zero attached hydrogens (tertiary/aromatic N) is 1. The quantitative estimate of drug-likeness (QED) is 0.334. The first-order valence-corrected chi connectivity index (χ1v) is 13.4. The highest BCUT2D eigenvalue weighted by Crippen LogP contribution is 2.33. The number of aryl methyl sites for hydroxylation is 1. The molecule has 1 aliphatic rings. The van der Waals surface area contributed by atoms with E-state index in [1.807, 2.05) is 91.0 Å². The molecule has 1 fully saturated rings. The van der Waals surface area contributed by atoms with E-state index >= 15 is 0 Å². The number of likely N-dealkylation sites (tertiary alicyclic amines) is 1. The minimum absolute atomic E-state index is 0.0214. The van der Waals surface area contributed by atoms with Crippen LogP contribution in [0.4, 0.5) is 0 Å². The van der Waals surface area contributed by atoms with Crippen molar-refractivity contribution in [3.8, 4) is 0 Å². The normalized spacial score (nSPS) is 18.4. The van der Waals surface area contributed by atoms with Crippen LogP contribution in [0.3, 0.4) is 0 Å². The zero-order valence-electron chi connectivity index (χ0n) is 19.9. The van der Waals surface area contributed by atoms with Crippen LogP contribution in [0, 0.1) is 5.92 Å². The Morgan fingerprint density at radius 1 is 0.943 bits per heavy atom. The van der Waals surface area contributed by atoms with Crippen molar-refractivity contribution in [2.75, 3.05) is 25.2 Å². The highest BCUT2D eigenvalue weighted by atomic mass is 32.2. The second-order valence-corrected chi connectivity index (χ2v) is 10.6. The van der Waals surface area contributed by atoms with E-state index in [2.05, 4.69) is 0 Å². The molecule has 5 nitrogen and oxygen atoms in total. The third kappa shape index (κ3) is 6.32. The standard InChI is InChI=1S/C29H31NO4S/c1-34-29(32)26-19-23(21-35(33)18-17-22-11-5-2-6-12-22)20-30(26)28(31)27(24-13-7-3-8-14-24)25-15-9-4-10-16-25/h2-16,23,26-27H,17-21H2,1H3/t23-,26-,35?/m0/s1. The summed E-state index contributed by atoms with van der Waals surface area (Å²) in [4.78, 5) is 28.3. The Morgan fingerprint density at radius 3 is 2.03 bits per heavy atom. The van der Waals surface area contributed by atoms with E-state index in [9.17, 15) is 14.1 Å². The molecule has 1 aliphatic heterocycles. The summed E-state index contributed by atoms with van der Waals surface area (Å²) in [6, 6.07) is 28.6. The van der Waals surface area contributed by atoms with Crippen molar-refractivity contribution < 1.29 is 18.9 Å². The molecule has 3 aromatic rings. The molecule has 0 saturated carbocycles. The molecule has 4 rings (SSSR count). The summed E-state index contributed by atoms with van der Waals surface area (Å²) >= 11 is -1.04. The number of benzene rings is 3. The zero-order chi connectivity index (χ0) is 24.6. The maximum Gasteiger partial charge on any atom is 0.328 e. The maximum absolute atomic E-state index is 14.0. The summed E-state index contributed by atoms with van der Waals surface area (Å²) in [5.74, 6) is -0.0655. The molecule has 6 heteroatoms. The number of carbonyl (C=O) groups is 2. The monoisotopic (exact) mass is 489 g/mol. The number of esters is 1. The number of rotatable bonds is 9. The van der Waals surface area contributed by atoms with Crippen LogP contribution in [0.15, 0.2) is 91.0 Å². The van der Waals surface area contributed by atoms with Crippen molar-refractivity contribution in [3.05, 3.63) is 108 Å². The molecule has 1 heterocycles. The predicted octanol–water partition coefficient (Wildman–Crippen LogP) is 4.20. The van der Waals surface area contributed by atoms with Crippen molar-refractivity contribution >= 4 is 23.1 Å². The van der Waals surface area contributed by atoms with Crippen molar-refractivity contribution in [2.24, 2.45) is 5.92 Å². The number of amides is 1. The lowest BCUT2D eigenvalue weighted by molar-refractivity contribution is -0.151. The van der Waals surface area contributed by atoms with E-state index in [4.69, 9.17) is 4.74 Å². The van der Waals surface area contributed by atoms with Gasteiger partial charge in [-0.1, -0.05) is 102 Å². The van der Waals surface area contributed by atoms with E-state index in [0.29, 0.717) is 24.5 Å². The first kappa shape index (κ1) is 25.0. The van der Waals surface area contributed by atoms with Gasteiger partial charge in [-0.3, -0.25) is 4.79 Å². The zero-order valence-corrected chi connectivity index (χ0v) is 20.7. The largest absolute Gasteiger partial charge is 0.616 e. The smallest absolute Gasteiger partial charge is 0.328 e. The van der Waals surface area contributed by atoms with Gasteiger partial charge in [0.1, 0.15) is 17.5 Å². The molecule has 1 amide bonds. The van der Waals surface area contributed by atoms with Gasteiger partial charge in [-0.2, -0.15) is 0 Å². The Hall–Kier alpha value is -3.09. The average molecular weight is 490 g/mol. The molecule has 3 aromatic carbocycles. The number of ether oxygens (including phenoxy) is 1. The van der Waals surface area contributed by atoms with Gasteiger partial charge < -0.3 is 14.2 Å². The van der Waals surface area contributed by atoms with Crippen LogP contribution in [-0.2, 0) is 31.9 Å². The third-order valence-electron chi connectivity index (χ3n) is 6.54. The highest BCUT2D eigenvalue weighted by Gasteiger charge is 2.44. The summed E-state index contributed by atoms with van der Waals surface area (Å²) < 4.78 is 17.9. The van der Waals surface area contributed by atoms with Gasteiger partial charge in [0.15, 0.2) is 0 Å². The number of carbonyl (C=O) groups excluding carboxylic acids is 2. The van der Waals surface area contributed by atoms with Crippen LogP contribution >= 0.6 is 0 Å². The van der Waals surface area contributed by atoms with Crippen molar-refractivity contribution in [1.82, 2.24) is 4.90 Å². The lowest BCUT2D eigenvalue weighted by atomic mass is 9.90. The molecule has 1 saturated heterocycles. The topological polar surface area (TPSA) is 69.7 Å². The van der Waals surface area contributed by atoms with Gasteiger partial charge in [-0.25, -0.2) is 4.79 Å². The fourth-order valence-electron chi connectivity index (χ4n) is 4.80. The summed E-state index contributed by atoms with van der Waals surface area (Å²) in [5.41, 5.74) is 2.91. The molecule has 35 heavy (non-hydrogen) atoms. The lowest BCUT2D eigenvalue weighted by Crippen LogP contribution is -2.43. The Bertz CT molecular complexity index is 1050.